The van der Waals surface area contributed by atoms with Crippen LogP contribution in [-0.2, 0) is 5.54 Å². The molecule has 1 aliphatic carbocycles. The highest BCUT2D eigenvalue weighted by Gasteiger charge is 2.45. The number of carbonyl (C=O) groups excluding carboxylic acids is 1. The summed E-state index contributed by atoms with van der Waals surface area (Å²) < 4.78 is 42.7. The zero-order chi connectivity index (χ0) is 23.6. The first kappa shape index (κ1) is 23.1. The maximum Gasteiger partial charge on any atom is 0.422 e. The van der Waals surface area contributed by atoms with Crippen molar-refractivity contribution in [3.05, 3.63) is 64.7 Å². The molecular weight excluding hydrogens is 482 g/mol. The Labute approximate surface area is 196 Å². The van der Waals surface area contributed by atoms with Crippen LogP contribution in [0.15, 0.2) is 48.5 Å². The number of nitrogens with zero attached hydrogens (tertiary/aromatic N) is 3. The van der Waals surface area contributed by atoms with Crippen LogP contribution < -0.4 is 15.4 Å². The Morgan fingerprint density at radius 1 is 1.00 bits per heavy atom. The summed E-state index contributed by atoms with van der Waals surface area (Å²) in [5.41, 5.74) is 1.25. The van der Waals surface area contributed by atoms with Gasteiger partial charge in [-0.05, 0) is 66.4 Å². The minimum atomic E-state index is -4.56. The van der Waals surface area contributed by atoms with Crippen molar-refractivity contribution in [2.75, 3.05) is 17.2 Å². The van der Waals surface area contributed by atoms with Crippen LogP contribution in [0.25, 0.3) is 0 Å². The topological polar surface area (TPSA) is 89.0 Å². The van der Waals surface area contributed by atoms with Gasteiger partial charge in [0.05, 0.1) is 5.54 Å². The third-order valence-electron chi connectivity index (χ3n) is 4.85. The van der Waals surface area contributed by atoms with Gasteiger partial charge in [0.25, 0.3) is 5.24 Å². The number of carbonyl (C=O) groups is 1. The highest BCUT2D eigenvalue weighted by molar-refractivity contribution is 6.67. The van der Waals surface area contributed by atoms with E-state index in [0.29, 0.717) is 10.7 Å². The standard InChI is InChI=1S/C21H16Cl2F3N5O2/c22-14-5-3-13(4-6-14)20(9-10-20)31-18-28-17(29-19(30-18)33-11-21(24,25)26)27-15-7-1-12(2-8-15)16(23)32/h1-8H,9-11H2,(H2,27,28,29,30,31). The second-order valence-corrected chi connectivity index (χ2v) is 8.14. The number of nitrogens with one attached hydrogen (secondary N) is 2. The third kappa shape index (κ3) is 6.02. The van der Waals surface area contributed by atoms with Crippen LogP contribution in [-0.4, -0.2) is 33.0 Å². The molecule has 4 rings (SSSR count). The first-order chi connectivity index (χ1) is 15.6. The SMILES string of the molecule is O=C(Cl)c1ccc(Nc2nc(NC3(c4ccc(Cl)cc4)CC3)nc(OCC(F)(F)F)n2)cc1. The summed E-state index contributed by atoms with van der Waals surface area (Å²) in [6.07, 6.45) is -3.01. The molecule has 0 unspecified atom stereocenters. The summed E-state index contributed by atoms with van der Waals surface area (Å²) in [6, 6.07) is 12.8. The van der Waals surface area contributed by atoms with E-state index in [-0.39, 0.29) is 17.5 Å². The van der Waals surface area contributed by atoms with Crippen molar-refractivity contribution < 1.29 is 22.7 Å². The Balaban J connectivity index is 1.60. The molecule has 1 aromatic heterocycles. The van der Waals surface area contributed by atoms with Gasteiger partial charge in [0, 0.05) is 16.3 Å². The van der Waals surface area contributed by atoms with Crippen molar-refractivity contribution in [1.29, 1.82) is 0 Å². The summed E-state index contributed by atoms with van der Waals surface area (Å²) >= 11 is 11.4. The van der Waals surface area contributed by atoms with Gasteiger partial charge < -0.3 is 15.4 Å². The maximum absolute atomic E-state index is 12.7. The van der Waals surface area contributed by atoms with E-state index in [9.17, 15) is 18.0 Å². The monoisotopic (exact) mass is 497 g/mol. The molecule has 33 heavy (non-hydrogen) atoms. The number of anilines is 3. The lowest BCUT2D eigenvalue weighted by Crippen LogP contribution is -2.23. The number of alkyl halides is 3. The summed E-state index contributed by atoms with van der Waals surface area (Å²) in [7, 11) is 0. The molecule has 3 aromatic rings. The Morgan fingerprint density at radius 3 is 2.21 bits per heavy atom. The van der Waals surface area contributed by atoms with E-state index in [4.69, 9.17) is 27.9 Å². The normalized spacial score (nSPS) is 14.5. The maximum atomic E-state index is 12.7. The lowest BCUT2D eigenvalue weighted by Gasteiger charge is -2.19. The van der Waals surface area contributed by atoms with Crippen LogP contribution in [0.1, 0.15) is 28.8 Å². The zero-order valence-corrected chi connectivity index (χ0v) is 18.3. The smallest absolute Gasteiger partial charge is 0.422 e. The van der Waals surface area contributed by atoms with E-state index in [2.05, 4.69) is 25.6 Å². The van der Waals surface area contributed by atoms with Crippen molar-refractivity contribution in [2.45, 2.75) is 24.6 Å². The van der Waals surface area contributed by atoms with E-state index in [0.717, 1.165) is 18.4 Å². The van der Waals surface area contributed by atoms with Crippen molar-refractivity contribution in [3.8, 4) is 6.01 Å². The van der Waals surface area contributed by atoms with E-state index < -0.39 is 29.6 Å². The molecule has 1 fully saturated rings. The largest absolute Gasteiger partial charge is 0.454 e. The summed E-state index contributed by atoms with van der Waals surface area (Å²) in [5, 5.41) is 6.02. The summed E-state index contributed by atoms with van der Waals surface area (Å²) in [5.74, 6) is 0.00575. The fourth-order valence-corrected chi connectivity index (χ4v) is 3.34. The van der Waals surface area contributed by atoms with Gasteiger partial charge in [0.15, 0.2) is 6.61 Å². The molecule has 0 spiro atoms. The molecule has 1 aliphatic rings. The molecule has 2 N–H and O–H groups in total. The highest BCUT2D eigenvalue weighted by Crippen LogP contribution is 2.48. The number of hydrogen-bond acceptors (Lipinski definition) is 7. The molecule has 2 aromatic carbocycles. The number of hydrogen-bond donors (Lipinski definition) is 2. The molecule has 0 bridgehead atoms. The molecule has 0 aliphatic heterocycles. The fraction of sp³-hybridized carbons (Fsp3) is 0.238. The van der Waals surface area contributed by atoms with Crippen LogP contribution in [0.2, 0.25) is 5.02 Å². The van der Waals surface area contributed by atoms with Gasteiger partial charge in [0.2, 0.25) is 11.9 Å². The minimum Gasteiger partial charge on any atom is -0.454 e. The molecule has 12 heteroatoms. The predicted octanol–water partition coefficient (Wildman–Crippen LogP) is 5.69. The van der Waals surface area contributed by atoms with Crippen molar-refractivity contribution in [3.63, 3.8) is 0 Å². The second-order valence-electron chi connectivity index (χ2n) is 7.36. The lowest BCUT2D eigenvalue weighted by molar-refractivity contribution is -0.154. The molecule has 0 atom stereocenters. The number of ether oxygens (including phenoxy) is 1. The number of benzene rings is 2. The molecule has 1 heterocycles. The molecule has 0 radical (unpaired) electrons. The van der Waals surface area contributed by atoms with Crippen LogP contribution in [0, 0.1) is 0 Å². The predicted molar refractivity (Wildman–Crippen MR) is 117 cm³/mol. The van der Waals surface area contributed by atoms with Gasteiger partial charge in [-0.25, -0.2) is 0 Å². The van der Waals surface area contributed by atoms with Gasteiger partial charge in [0.1, 0.15) is 0 Å². The van der Waals surface area contributed by atoms with Crippen molar-refractivity contribution in [2.24, 2.45) is 0 Å². The first-order valence-corrected chi connectivity index (χ1v) is 10.4. The molecule has 172 valence electrons. The number of halogens is 5. The average Bonchev–Trinajstić information content (AvgIpc) is 3.53. The van der Waals surface area contributed by atoms with E-state index in [1.807, 2.05) is 12.1 Å². The van der Waals surface area contributed by atoms with Gasteiger partial charge in [-0.2, -0.15) is 28.1 Å². The van der Waals surface area contributed by atoms with Gasteiger partial charge in [-0.15, -0.1) is 0 Å². The molecule has 0 saturated heterocycles. The van der Waals surface area contributed by atoms with Crippen LogP contribution in [0.5, 0.6) is 6.01 Å². The van der Waals surface area contributed by atoms with E-state index in [1.54, 1.807) is 24.3 Å². The Kier molecular flexibility index (Phi) is 6.31. The first-order valence-electron chi connectivity index (χ1n) is 9.69. The summed E-state index contributed by atoms with van der Waals surface area (Å²) in [6.45, 7) is -1.55. The highest BCUT2D eigenvalue weighted by atomic mass is 35.5. The van der Waals surface area contributed by atoms with Gasteiger partial charge >= 0.3 is 12.2 Å². The van der Waals surface area contributed by atoms with Crippen LogP contribution >= 0.6 is 23.2 Å². The average molecular weight is 498 g/mol. The Hall–Kier alpha value is -3.11. The molecule has 7 nitrogen and oxygen atoms in total. The minimum absolute atomic E-state index is 0.0402. The van der Waals surface area contributed by atoms with Crippen molar-refractivity contribution in [1.82, 2.24) is 15.0 Å². The van der Waals surface area contributed by atoms with Crippen molar-refractivity contribution >= 4 is 46.0 Å². The molecular formula is C21H16Cl2F3N5O2. The number of rotatable bonds is 8. The Bertz CT molecular complexity index is 1150. The molecule has 0 amide bonds. The lowest BCUT2D eigenvalue weighted by atomic mass is 10.1. The van der Waals surface area contributed by atoms with Crippen LogP contribution in [0.4, 0.5) is 30.8 Å². The quantitative estimate of drug-likeness (QED) is 0.386. The van der Waals surface area contributed by atoms with Gasteiger partial charge in [-0.3, -0.25) is 4.79 Å². The van der Waals surface area contributed by atoms with E-state index in [1.165, 1.54) is 12.1 Å². The van der Waals surface area contributed by atoms with Gasteiger partial charge in [-0.1, -0.05) is 23.7 Å². The fourth-order valence-electron chi connectivity index (χ4n) is 3.09. The second kappa shape index (κ2) is 9.03. The molecule has 1 saturated carbocycles. The Morgan fingerprint density at radius 2 is 1.64 bits per heavy atom. The van der Waals surface area contributed by atoms with E-state index >= 15 is 0 Å². The third-order valence-corrected chi connectivity index (χ3v) is 5.32. The number of aromatic nitrogens is 3. The summed E-state index contributed by atoms with van der Waals surface area (Å²) in [4.78, 5) is 23.4. The zero-order valence-electron chi connectivity index (χ0n) is 16.8. The van der Waals surface area contributed by atoms with Crippen LogP contribution in [0.3, 0.4) is 0 Å².